The largest absolute Gasteiger partial charge is 0.487 e. The van der Waals surface area contributed by atoms with Crippen LogP contribution >= 0.6 is 0 Å². The lowest BCUT2D eigenvalue weighted by molar-refractivity contribution is 0.179. The minimum atomic E-state index is -0.00121. The fourth-order valence-electron chi connectivity index (χ4n) is 5.20. The number of allylic oxidation sites excluding steroid dienone is 2. The molecule has 0 radical (unpaired) electrons. The average Bonchev–Trinajstić information content (AvgIpc) is 2.70. The van der Waals surface area contributed by atoms with Crippen LogP contribution in [0, 0.1) is 6.92 Å². The molecule has 4 heterocycles. The number of pyridine rings is 1. The van der Waals surface area contributed by atoms with E-state index >= 15 is 0 Å². The normalized spacial score (nSPS) is 21.8. The van der Waals surface area contributed by atoms with Crippen LogP contribution in [0.4, 0.5) is 5.69 Å². The first kappa shape index (κ1) is 18.5. The van der Waals surface area contributed by atoms with Crippen molar-refractivity contribution in [2.24, 2.45) is 7.05 Å². The number of rotatable bonds is 2. The molecule has 0 aliphatic carbocycles. The molecule has 0 amide bonds. The van der Waals surface area contributed by atoms with E-state index in [0.29, 0.717) is 6.61 Å². The van der Waals surface area contributed by atoms with Gasteiger partial charge in [0.1, 0.15) is 6.61 Å². The molecule has 152 valence electrons. The number of anilines is 1. The average molecular weight is 392 g/mol. The molecule has 29 heavy (non-hydrogen) atoms. The third-order valence-corrected chi connectivity index (χ3v) is 6.72. The molecule has 1 saturated heterocycles. The molecule has 2 aromatic rings. The smallest absolute Gasteiger partial charge is 0.251 e. The highest BCUT2D eigenvalue weighted by Gasteiger charge is 2.37. The van der Waals surface area contributed by atoms with Gasteiger partial charge in [0.25, 0.3) is 5.56 Å². The molecule has 5 nitrogen and oxygen atoms in total. The summed E-state index contributed by atoms with van der Waals surface area (Å²) in [6.07, 6.45) is 6.08. The lowest BCUT2D eigenvalue weighted by Crippen LogP contribution is -2.51. The van der Waals surface area contributed by atoms with Crippen LogP contribution in [0.25, 0.3) is 16.5 Å². The molecular weight excluding hydrogens is 362 g/mol. The number of piperidine rings is 1. The van der Waals surface area contributed by atoms with Gasteiger partial charge >= 0.3 is 0 Å². The van der Waals surface area contributed by atoms with Gasteiger partial charge in [0.05, 0.1) is 17.2 Å². The number of ether oxygens (including phenoxy) is 1. The number of hydrogen-bond donors (Lipinski definition) is 0. The maximum absolute atomic E-state index is 12.5. The maximum atomic E-state index is 12.5. The van der Waals surface area contributed by atoms with Crippen LogP contribution in [-0.4, -0.2) is 41.8 Å². The van der Waals surface area contributed by atoms with Crippen LogP contribution in [0.2, 0.25) is 0 Å². The second-order valence-corrected chi connectivity index (χ2v) is 8.74. The Morgan fingerprint density at radius 3 is 2.69 bits per heavy atom. The molecule has 0 spiro atoms. The second-order valence-electron chi connectivity index (χ2n) is 8.74. The van der Waals surface area contributed by atoms with Crippen molar-refractivity contribution in [1.82, 2.24) is 9.47 Å². The van der Waals surface area contributed by atoms with Crippen molar-refractivity contribution in [3.8, 4) is 5.75 Å². The molecule has 5 rings (SSSR count). The molecule has 5 heteroatoms. The van der Waals surface area contributed by atoms with Gasteiger partial charge in [0.2, 0.25) is 0 Å². The minimum Gasteiger partial charge on any atom is -0.487 e. The number of likely N-dealkylation sites (tertiary alicyclic amines) is 1. The molecule has 0 N–H and O–H groups in total. The maximum Gasteiger partial charge on any atom is 0.251 e. The van der Waals surface area contributed by atoms with E-state index < -0.39 is 0 Å². The Morgan fingerprint density at radius 1 is 1.17 bits per heavy atom. The van der Waals surface area contributed by atoms with Crippen molar-refractivity contribution in [2.75, 3.05) is 31.1 Å². The van der Waals surface area contributed by atoms with Gasteiger partial charge in [-0.15, -0.1) is 0 Å². The van der Waals surface area contributed by atoms with Crippen molar-refractivity contribution in [3.05, 3.63) is 52.0 Å². The first-order chi connectivity index (χ1) is 14.0. The van der Waals surface area contributed by atoms with Crippen molar-refractivity contribution >= 4 is 22.2 Å². The monoisotopic (exact) mass is 391 g/mol. The third kappa shape index (κ3) is 2.83. The fourth-order valence-corrected chi connectivity index (χ4v) is 5.20. The molecule has 0 bridgehead atoms. The molecule has 1 aromatic heterocycles. The van der Waals surface area contributed by atoms with Gasteiger partial charge in [0.15, 0.2) is 5.75 Å². The zero-order valence-corrected chi connectivity index (χ0v) is 17.6. The Labute approximate surface area is 171 Å². The highest BCUT2D eigenvalue weighted by molar-refractivity contribution is 6.01. The number of fused-ring (bicyclic) bond motifs is 2. The minimum absolute atomic E-state index is 0.00121. The van der Waals surface area contributed by atoms with E-state index in [1.807, 2.05) is 14.0 Å². The van der Waals surface area contributed by atoms with Crippen LogP contribution < -0.4 is 15.2 Å². The summed E-state index contributed by atoms with van der Waals surface area (Å²) in [4.78, 5) is 17.4. The number of nitrogens with zero attached hydrogens (tertiary/aromatic N) is 3. The molecule has 0 saturated carbocycles. The van der Waals surface area contributed by atoms with Crippen LogP contribution in [0.15, 0.2) is 35.3 Å². The zero-order chi connectivity index (χ0) is 20.3. The molecule has 1 fully saturated rings. The summed E-state index contributed by atoms with van der Waals surface area (Å²) in [5, 5.41) is 1.08. The standard InChI is InChI=1S/C24H29N3O2/c1-15-10-17(3)27-18(13-26-8-6-5-7-9-26)14-29-24-22-19(12-20(15)23(24)27)16(2)11-21(28)25(22)4/h10-12,18H,3,5-9,13-14H2,1-2,4H3/t18-/m0/s1. The Morgan fingerprint density at radius 2 is 1.93 bits per heavy atom. The Hall–Kier alpha value is -2.53. The van der Waals surface area contributed by atoms with E-state index in [1.165, 1.54) is 30.4 Å². The summed E-state index contributed by atoms with van der Waals surface area (Å²) in [6.45, 7) is 12.4. The second kappa shape index (κ2) is 6.77. The van der Waals surface area contributed by atoms with E-state index in [9.17, 15) is 4.79 Å². The van der Waals surface area contributed by atoms with Gasteiger partial charge in [-0.05, 0) is 63.1 Å². The highest BCUT2D eigenvalue weighted by atomic mass is 16.5. The van der Waals surface area contributed by atoms with Gasteiger partial charge in [0, 0.05) is 36.3 Å². The molecular formula is C24H29N3O2. The van der Waals surface area contributed by atoms with Gasteiger partial charge in [-0.25, -0.2) is 0 Å². The van der Waals surface area contributed by atoms with Gasteiger partial charge in [-0.1, -0.05) is 13.0 Å². The predicted molar refractivity (Wildman–Crippen MR) is 119 cm³/mol. The number of benzene rings is 1. The molecule has 1 atom stereocenters. The molecule has 0 unspecified atom stereocenters. The molecule has 1 aromatic carbocycles. The summed E-state index contributed by atoms with van der Waals surface area (Å²) >= 11 is 0. The lowest BCUT2D eigenvalue weighted by atomic mass is 9.92. The lowest BCUT2D eigenvalue weighted by Gasteiger charge is -2.45. The third-order valence-electron chi connectivity index (χ3n) is 6.72. The number of aromatic nitrogens is 1. The van der Waals surface area contributed by atoms with Crippen molar-refractivity contribution < 1.29 is 4.74 Å². The predicted octanol–water partition coefficient (Wildman–Crippen LogP) is 3.83. The van der Waals surface area contributed by atoms with E-state index in [0.717, 1.165) is 53.2 Å². The van der Waals surface area contributed by atoms with Gasteiger partial charge in [-0.2, -0.15) is 0 Å². The van der Waals surface area contributed by atoms with Crippen LogP contribution in [0.1, 0.15) is 37.3 Å². The quantitative estimate of drug-likeness (QED) is 0.780. The summed E-state index contributed by atoms with van der Waals surface area (Å²) in [7, 11) is 1.83. The summed E-state index contributed by atoms with van der Waals surface area (Å²) in [5.74, 6) is 0.823. The van der Waals surface area contributed by atoms with E-state index in [4.69, 9.17) is 4.74 Å². The van der Waals surface area contributed by atoms with Crippen LogP contribution in [0.5, 0.6) is 5.75 Å². The fraction of sp³-hybridized carbons (Fsp3) is 0.458. The number of aryl methyl sites for hydroxylation is 2. The van der Waals surface area contributed by atoms with E-state index in [1.54, 1.807) is 10.6 Å². The molecule has 3 aliphatic heterocycles. The Bertz CT molecular complexity index is 1110. The Kier molecular flexibility index (Phi) is 4.32. The van der Waals surface area contributed by atoms with E-state index in [2.05, 4.69) is 35.4 Å². The van der Waals surface area contributed by atoms with Crippen molar-refractivity contribution in [3.63, 3.8) is 0 Å². The van der Waals surface area contributed by atoms with Gasteiger partial charge < -0.3 is 19.1 Å². The Balaban J connectivity index is 1.69. The summed E-state index contributed by atoms with van der Waals surface area (Å²) in [6, 6.07) is 4.17. The topological polar surface area (TPSA) is 37.7 Å². The SMILES string of the molecule is C=C1C=C(C)c2cc3c(C)cc(=O)n(C)c3c3c2N1[C@@H](CN1CCCCC1)CO3. The first-order valence-electron chi connectivity index (χ1n) is 10.6. The summed E-state index contributed by atoms with van der Waals surface area (Å²) < 4.78 is 8.15. The van der Waals surface area contributed by atoms with E-state index in [-0.39, 0.29) is 11.6 Å². The highest BCUT2D eigenvalue weighted by Crippen LogP contribution is 2.49. The van der Waals surface area contributed by atoms with Crippen molar-refractivity contribution in [1.29, 1.82) is 0 Å². The van der Waals surface area contributed by atoms with Crippen LogP contribution in [0.3, 0.4) is 0 Å². The zero-order valence-electron chi connectivity index (χ0n) is 17.6. The first-order valence-corrected chi connectivity index (χ1v) is 10.6. The number of hydrogen-bond acceptors (Lipinski definition) is 4. The van der Waals surface area contributed by atoms with Crippen LogP contribution in [-0.2, 0) is 7.05 Å². The summed E-state index contributed by atoms with van der Waals surface area (Å²) in [5.41, 5.74) is 6.35. The van der Waals surface area contributed by atoms with Crippen molar-refractivity contribution in [2.45, 2.75) is 39.2 Å². The molecule has 3 aliphatic rings. The van der Waals surface area contributed by atoms with Gasteiger partial charge in [-0.3, -0.25) is 4.79 Å².